The lowest BCUT2D eigenvalue weighted by atomic mass is 9.95. The van der Waals surface area contributed by atoms with Crippen molar-refractivity contribution in [2.75, 3.05) is 14.2 Å². The molecule has 4 rings (SSSR count). The molecule has 3 nitrogen and oxygen atoms in total. The molecule has 0 radical (unpaired) electrons. The van der Waals surface area contributed by atoms with E-state index in [0.717, 1.165) is 44.4 Å². The Morgan fingerprint density at radius 1 is 0.800 bits per heavy atom. The monoisotopic (exact) mass is 349 g/mol. The van der Waals surface area contributed by atoms with Gasteiger partial charge in [-0.05, 0) is 36.4 Å². The maximum Gasteiger partial charge on any atom is 0.126 e. The normalized spacial score (nSPS) is 11.0. The predicted molar refractivity (Wildman–Crippen MR) is 103 cm³/mol. The summed E-state index contributed by atoms with van der Waals surface area (Å²) in [6, 6.07) is 19.7. The van der Waals surface area contributed by atoms with Gasteiger partial charge in [0, 0.05) is 26.9 Å². The van der Waals surface area contributed by atoms with Gasteiger partial charge in [0.1, 0.15) is 11.5 Å². The maximum absolute atomic E-state index is 6.19. The number of pyridine rings is 1. The molecule has 25 heavy (non-hydrogen) atoms. The molecule has 0 fully saturated rings. The van der Waals surface area contributed by atoms with Crippen molar-refractivity contribution < 1.29 is 9.47 Å². The molecular formula is C21H16ClNO2. The lowest BCUT2D eigenvalue weighted by Gasteiger charge is -2.15. The number of para-hydroxylation sites is 1. The lowest BCUT2D eigenvalue weighted by Crippen LogP contribution is -1.93. The highest BCUT2D eigenvalue weighted by atomic mass is 35.5. The van der Waals surface area contributed by atoms with Gasteiger partial charge >= 0.3 is 0 Å². The van der Waals surface area contributed by atoms with Crippen LogP contribution in [0.3, 0.4) is 0 Å². The number of methoxy groups -OCH3 is 2. The molecule has 0 aliphatic heterocycles. The van der Waals surface area contributed by atoms with E-state index in [1.807, 2.05) is 54.6 Å². The number of benzene rings is 3. The van der Waals surface area contributed by atoms with Crippen LogP contribution in [0.15, 0.2) is 60.7 Å². The summed E-state index contributed by atoms with van der Waals surface area (Å²) in [5.74, 6) is 1.60. The zero-order valence-electron chi connectivity index (χ0n) is 13.9. The van der Waals surface area contributed by atoms with Crippen LogP contribution in [-0.2, 0) is 0 Å². The quantitative estimate of drug-likeness (QED) is 0.443. The molecule has 0 saturated carbocycles. The molecule has 0 atom stereocenters. The molecule has 0 N–H and O–H groups in total. The van der Waals surface area contributed by atoms with E-state index in [4.69, 9.17) is 26.1 Å². The first-order valence-electron chi connectivity index (χ1n) is 7.91. The number of hydrogen-bond acceptors (Lipinski definition) is 3. The van der Waals surface area contributed by atoms with Crippen molar-refractivity contribution in [3.8, 4) is 22.6 Å². The van der Waals surface area contributed by atoms with E-state index in [0.29, 0.717) is 5.02 Å². The van der Waals surface area contributed by atoms with Crippen LogP contribution in [0.25, 0.3) is 32.9 Å². The number of hydrogen-bond donors (Lipinski definition) is 0. The summed E-state index contributed by atoms with van der Waals surface area (Å²) in [5, 5.41) is 2.70. The van der Waals surface area contributed by atoms with Gasteiger partial charge in [0.25, 0.3) is 0 Å². The molecular weight excluding hydrogens is 334 g/mol. The van der Waals surface area contributed by atoms with Crippen molar-refractivity contribution >= 4 is 33.4 Å². The fraction of sp³-hybridized carbons (Fsp3) is 0.0952. The first-order valence-corrected chi connectivity index (χ1v) is 8.29. The molecule has 3 aromatic carbocycles. The molecule has 0 saturated heterocycles. The molecule has 0 amide bonds. The Hall–Kier alpha value is -2.78. The Labute approximate surface area is 150 Å². The number of aromatic nitrogens is 1. The van der Waals surface area contributed by atoms with Crippen LogP contribution in [0.5, 0.6) is 11.5 Å². The summed E-state index contributed by atoms with van der Waals surface area (Å²) < 4.78 is 11.0. The van der Waals surface area contributed by atoms with Crippen LogP contribution >= 0.6 is 11.6 Å². The fourth-order valence-electron chi connectivity index (χ4n) is 3.16. The van der Waals surface area contributed by atoms with Gasteiger partial charge in [0.15, 0.2) is 0 Å². The van der Waals surface area contributed by atoms with Crippen molar-refractivity contribution in [2.24, 2.45) is 0 Å². The Bertz CT molecular complexity index is 1090. The van der Waals surface area contributed by atoms with E-state index in [1.54, 1.807) is 14.2 Å². The third kappa shape index (κ3) is 2.67. The van der Waals surface area contributed by atoms with Gasteiger partial charge in [0.05, 0.1) is 25.3 Å². The van der Waals surface area contributed by atoms with E-state index < -0.39 is 0 Å². The molecule has 0 aliphatic carbocycles. The molecule has 1 heterocycles. The van der Waals surface area contributed by atoms with Crippen molar-refractivity contribution in [1.82, 2.24) is 4.98 Å². The van der Waals surface area contributed by atoms with Gasteiger partial charge in [-0.1, -0.05) is 35.9 Å². The minimum Gasteiger partial charge on any atom is -0.497 e. The van der Waals surface area contributed by atoms with Crippen LogP contribution < -0.4 is 9.47 Å². The summed E-state index contributed by atoms with van der Waals surface area (Å²) in [6.07, 6.45) is 0. The largest absolute Gasteiger partial charge is 0.497 e. The third-order valence-corrected chi connectivity index (χ3v) is 4.55. The topological polar surface area (TPSA) is 31.4 Å². The Morgan fingerprint density at radius 2 is 1.64 bits per heavy atom. The Kier molecular flexibility index (Phi) is 3.94. The maximum atomic E-state index is 6.19. The van der Waals surface area contributed by atoms with Crippen molar-refractivity contribution in [3.63, 3.8) is 0 Å². The van der Waals surface area contributed by atoms with Gasteiger partial charge in [-0.3, -0.25) is 0 Å². The van der Waals surface area contributed by atoms with Gasteiger partial charge < -0.3 is 9.47 Å². The number of nitrogens with zero attached hydrogens (tertiary/aromatic N) is 1. The number of rotatable bonds is 3. The Morgan fingerprint density at radius 3 is 2.44 bits per heavy atom. The van der Waals surface area contributed by atoms with Crippen molar-refractivity contribution in [2.45, 2.75) is 0 Å². The zero-order chi connectivity index (χ0) is 17.4. The first-order chi connectivity index (χ1) is 12.2. The summed E-state index contributed by atoms with van der Waals surface area (Å²) in [5.41, 5.74) is 3.81. The van der Waals surface area contributed by atoms with Crippen molar-refractivity contribution in [1.29, 1.82) is 0 Å². The van der Waals surface area contributed by atoms with E-state index in [1.165, 1.54) is 0 Å². The van der Waals surface area contributed by atoms with Crippen LogP contribution in [0, 0.1) is 0 Å². The Balaban J connectivity index is 2.20. The molecule has 4 aromatic rings. The van der Waals surface area contributed by atoms with E-state index in [2.05, 4.69) is 6.07 Å². The number of fused-ring (bicyclic) bond motifs is 2. The van der Waals surface area contributed by atoms with E-state index in [9.17, 15) is 0 Å². The molecule has 0 bridgehead atoms. The fourth-order valence-corrected chi connectivity index (χ4v) is 3.33. The van der Waals surface area contributed by atoms with Gasteiger partial charge in [-0.15, -0.1) is 0 Å². The van der Waals surface area contributed by atoms with Gasteiger partial charge in [0.2, 0.25) is 0 Å². The molecule has 0 unspecified atom stereocenters. The number of halogens is 1. The third-order valence-electron chi connectivity index (χ3n) is 4.32. The highest BCUT2D eigenvalue weighted by Crippen LogP contribution is 2.40. The summed E-state index contributed by atoms with van der Waals surface area (Å²) in [4.78, 5) is 4.77. The van der Waals surface area contributed by atoms with E-state index in [-0.39, 0.29) is 0 Å². The molecule has 4 heteroatoms. The summed E-state index contributed by atoms with van der Waals surface area (Å²) >= 11 is 6.19. The van der Waals surface area contributed by atoms with Crippen LogP contribution in [0.2, 0.25) is 5.02 Å². The SMILES string of the molecule is COc1ccc2nc3cc(Cl)ccc3c(-c3ccccc3OC)c2c1. The summed E-state index contributed by atoms with van der Waals surface area (Å²) in [6.45, 7) is 0. The van der Waals surface area contributed by atoms with E-state index >= 15 is 0 Å². The van der Waals surface area contributed by atoms with Gasteiger partial charge in [-0.25, -0.2) is 4.98 Å². The lowest BCUT2D eigenvalue weighted by molar-refractivity contribution is 0.415. The molecule has 0 aliphatic rings. The molecule has 0 spiro atoms. The molecule has 124 valence electrons. The summed E-state index contributed by atoms with van der Waals surface area (Å²) in [7, 11) is 3.35. The average Bonchev–Trinajstić information content (AvgIpc) is 2.65. The second kappa shape index (κ2) is 6.26. The minimum absolute atomic E-state index is 0.666. The second-order valence-electron chi connectivity index (χ2n) is 5.73. The highest BCUT2D eigenvalue weighted by molar-refractivity contribution is 6.31. The second-order valence-corrected chi connectivity index (χ2v) is 6.17. The van der Waals surface area contributed by atoms with Crippen LogP contribution in [0.4, 0.5) is 0 Å². The number of ether oxygens (including phenoxy) is 2. The molecule has 1 aromatic heterocycles. The standard InChI is InChI=1S/C21H16ClNO2/c1-24-14-8-10-18-17(12-14)21(16-5-3-4-6-20(16)25-2)15-9-7-13(22)11-19(15)23-18/h3-12H,1-2H3. The minimum atomic E-state index is 0.666. The highest BCUT2D eigenvalue weighted by Gasteiger charge is 2.15. The first kappa shape index (κ1) is 15.7. The van der Waals surface area contributed by atoms with Crippen LogP contribution in [0.1, 0.15) is 0 Å². The average molecular weight is 350 g/mol. The smallest absolute Gasteiger partial charge is 0.126 e. The zero-order valence-corrected chi connectivity index (χ0v) is 14.7. The van der Waals surface area contributed by atoms with Gasteiger partial charge in [-0.2, -0.15) is 0 Å². The van der Waals surface area contributed by atoms with Crippen LogP contribution in [-0.4, -0.2) is 19.2 Å². The van der Waals surface area contributed by atoms with Crippen molar-refractivity contribution in [3.05, 3.63) is 65.7 Å². The predicted octanol–water partition coefficient (Wildman–Crippen LogP) is 5.73.